The maximum Gasteiger partial charge on any atom is 0.274 e. The molecule has 3 heterocycles. The molecule has 1 N–H and O–H groups in total. The molecule has 0 spiro atoms. The van der Waals surface area contributed by atoms with Crippen LogP contribution in [0.15, 0.2) is 12.4 Å². The number of aryl methyl sites for hydroxylation is 1. The Kier molecular flexibility index (Phi) is 3.06. The largest absolute Gasteiger partial charge is 0.343 e. The lowest BCUT2D eigenvalue weighted by Gasteiger charge is -2.15. The molecule has 0 atom stereocenters. The Labute approximate surface area is 117 Å². The summed E-state index contributed by atoms with van der Waals surface area (Å²) in [6, 6.07) is 0. The standard InChI is InChI=1S/C13H18N6O/c1-17(2)13(20)12-9-6-19(7-10(9)15-16-12)8-11-14-4-5-18(11)3/h4-5H,6-8H2,1-3H3,(H,15,16). The van der Waals surface area contributed by atoms with Gasteiger partial charge in [-0.05, 0) is 0 Å². The molecule has 7 nitrogen and oxygen atoms in total. The lowest BCUT2D eigenvalue weighted by Crippen LogP contribution is -2.24. The highest BCUT2D eigenvalue weighted by molar-refractivity contribution is 5.93. The monoisotopic (exact) mass is 274 g/mol. The zero-order chi connectivity index (χ0) is 14.3. The van der Waals surface area contributed by atoms with E-state index in [0.29, 0.717) is 5.69 Å². The van der Waals surface area contributed by atoms with Crippen molar-refractivity contribution in [1.29, 1.82) is 0 Å². The number of fused-ring (bicyclic) bond motifs is 1. The second-order valence-corrected chi connectivity index (χ2v) is 5.33. The van der Waals surface area contributed by atoms with Crippen molar-refractivity contribution >= 4 is 5.91 Å². The summed E-state index contributed by atoms with van der Waals surface area (Å²) in [6.45, 7) is 2.27. The summed E-state index contributed by atoms with van der Waals surface area (Å²) in [5, 5.41) is 7.12. The lowest BCUT2D eigenvalue weighted by molar-refractivity contribution is 0.0820. The molecular weight excluding hydrogens is 256 g/mol. The van der Waals surface area contributed by atoms with Gasteiger partial charge in [0.2, 0.25) is 0 Å². The van der Waals surface area contributed by atoms with Crippen LogP contribution in [-0.4, -0.2) is 49.6 Å². The summed E-state index contributed by atoms with van der Waals surface area (Å²) in [5.74, 6) is 0.963. The normalized spacial score (nSPS) is 14.6. The van der Waals surface area contributed by atoms with E-state index in [1.165, 1.54) is 0 Å². The molecule has 1 aliphatic heterocycles. The smallest absolute Gasteiger partial charge is 0.274 e. The fourth-order valence-electron chi connectivity index (χ4n) is 2.45. The number of aromatic nitrogens is 4. The van der Waals surface area contributed by atoms with Crippen molar-refractivity contribution in [2.45, 2.75) is 19.6 Å². The Hall–Kier alpha value is -2.15. The van der Waals surface area contributed by atoms with Crippen molar-refractivity contribution in [3.8, 4) is 0 Å². The quantitative estimate of drug-likeness (QED) is 0.877. The molecule has 0 aliphatic carbocycles. The Morgan fingerprint density at radius 3 is 2.90 bits per heavy atom. The number of carbonyl (C=O) groups excluding carboxylic acids is 1. The molecule has 0 aromatic carbocycles. The van der Waals surface area contributed by atoms with Crippen LogP contribution in [0, 0.1) is 0 Å². The van der Waals surface area contributed by atoms with Gasteiger partial charge in [-0.15, -0.1) is 0 Å². The third-order valence-electron chi connectivity index (χ3n) is 3.61. The number of carbonyl (C=O) groups is 1. The molecule has 1 aliphatic rings. The van der Waals surface area contributed by atoms with E-state index in [2.05, 4.69) is 20.1 Å². The van der Waals surface area contributed by atoms with Crippen molar-refractivity contribution in [2.24, 2.45) is 7.05 Å². The SMILES string of the molecule is CN(C)C(=O)c1n[nH]c2c1CN(Cc1nccn1C)C2. The summed E-state index contributed by atoms with van der Waals surface area (Å²) < 4.78 is 2.01. The number of hydrogen-bond donors (Lipinski definition) is 1. The first-order valence-electron chi connectivity index (χ1n) is 6.52. The molecule has 3 rings (SSSR count). The summed E-state index contributed by atoms with van der Waals surface area (Å²) in [6.07, 6.45) is 3.74. The van der Waals surface area contributed by atoms with E-state index in [-0.39, 0.29) is 5.91 Å². The number of amides is 1. The van der Waals surface area contributed by atoms with E-state index in [1.807, 2.05) is 17.8 Å². The average molecular weight is 274 g/mol. The van der Waals surface area contributed by atoms with E-state index < -0.39 is 0 Å². The molecule has 106 valence electrons. The second kappa shape index (κ2) is 4.75. The first-order chi connectivity index (χ1) is 9.56. The Morgan fingerprint density at radius 1 is 1.45 bits per heavy atom. The zero-order valence-corrected chi connectivity index (χ0v) is 11.9. The molecule has 0 radical (unpaired) electrons. The number of nitrogens with zero attached hydrogens (tertiary/aromatic N) is 5. The van der Waals surface area contributed by atoms with Gasteiger partial charge in [0.15, 0.2) is 5.69 Å². The van der Waals surface area contributed by atoms with Crippen molar-refractivity contribution in [3.05, 3.63) is 35.2 Å². The summed E-state index contributed by atoms with van der Waals surface area (Å²) in [7, 11) is 5.47. The number of imidazole rings is 1. The van der Waals surface area contributed by atoms with E-state index in [0.717, 1.165) is 36.7 Å². The van der Waals surface area contributed by atoms with Gasteiger partial charge in [0.1, 0.15) is 5.82 Å². The van der Waals surface area contributed by atoms with Crippen LogP contribution in [0.25, 0.3) is 0 Å². The van der Waals surface area contributed by atoms with Gasteiger partial charge in [0, 0.05) is 52.2 Å². The van der Waals surface area contributed by atoms with Crippen molar-refractivity contribution in [1.82, 2.24) is 29.5 Å². The third kappa shape index (κ3) is 2.09. The number of rotatable bonds is 3. The molecule has 20 heavy (non-hydrogen) atoms. The Bertz CT molecular complexity index is 641. The fourth-order valence-corrected chi connectivity index (χ4v) is 2.45. The van der Waals surface area contributed by atoms with Gasteiger partial charge in [-0.3, -0.25) is 14.8 Å². The fraction of sp³-hybridized carbons (Fsp3) is 0.462. The van der Waals surface area contributed by atoms with Crippen molar-refractivity contribution in [2.75, 3.05) is 14.1 Å². The zero-order valence-electron chi connectivity index (χ0n) is 11.9. The minimum absolute atomic E-state index is 0.0543. The highest BCUT2D eigenvalue weighted by atomic mass is 16.2. The first kappa shape index (κ1) is 12.9. The van der Waals surface area contributed by atoms with Gasteiger partial charge in [0.25, 0.3) is 5.91 Å². The van der Waals surface area contributed by atoms with Gasteiger partial charge in [-0.2, -0.15) is 5.10 Å². The van der Waals surface area contributed by atoms with E-state index in [9.17, 15) is 4.79 Å². The van der Waals surface area contributed by atoms with E-state index in [4.69, 9.17) is 0 Å². The van der Waals surface area contributed by atoms with Gasteiger partial charge in [-0.25, -0.2) is 4.98 Å². The minimum Gasteiger partial charge on any atom is -0.343 e. The first-order valence-corrected chi connectivity index (χ1v) is 6.52. The highest BCUT2D eigenvalue weighted by Crippen LogP contribution is 2.25. The van der Waals surface area contributed by atoms with E-state index in [1.54, 1.807) is 25.2 Å². The van der Waals surface area contributed by atoms with Crippen molar-refractivity contribution < 1.29 is 4.79 Å². The van der Waals surface area contributed by atoms with Crippen LogP contribution in [0.2, 0.25) is 0 Å². The summed E-state index contributed by atoms with van der Waals surface area (Å²) in [5.41, 5.74) is 2.58. The second-order valence-electron chi connectivity index (χ2n) is 5.33. The van der Waals surface area contributed by atoms with Gasteiger partial charge in [-0.1, -0.05) is 0 Å². The van der Waals surface area contributed by atoms with Crippen LogP contribution in [0.5, 0.6) is 0 Å². The predicted molar refractivity (Wildman–Crippen MR) is 72.8 cm³/mol. The molecule has 1 amide bonds. The van der Waals surface area contributed by atoms with Gasteiger partial charge < -0.3 is 9.47 Å². The van der Waals surface area contributed by atoms with Crippen molar-refractivity contribution in [3.63, 3.8) is 0 Å². The van der Waals surface area contributed by atoms with Crippen LogP contribution < -0.4 is 0 Å². The highest BCUT2D eigenvalue weighted by Gasteiger charge is 2.28. The van der Waals surface area contributed by atoms with Crippen LogP contribution in [0.4, 0.5) is 0 Å². The predicted octanol–water partition coefficient (Wildman–Crippen LogP) is 0.361. The van der Waals surface area contributed by atoms with Crippen LogP contribution in [0.3, 0.4) is 0 Å². The molecule has 0 saturated carbocycles. The maximum absolute atomic E-state index is 12.1. The number of aromatic amines is 1. The number of H-pyrrole nitrogens is 1. The van der Waals surface area contributed by atoms with E-state index >= 15 is 0 Å². The summed E-state index contributed by atoms with van der Waals surface area (Å²) in [4.78, 5) is 20.2. The Balaban J connectivity index is 1.76. The number of hydrogen-bond acceptors (Lipinski definition) is 4. The average Bonchev–Trinajstić information content (AvgIpc) is 3.05. The summed E-state index contributed by atoms with van der Waals surface area (Å²) >= 11 is 0. The molecule has 7 heteroatoms. The van der Waals surface area contributed by atoms with Gasteiger partial charge in [0.05, 0.1) is 12.2 Å². The molecule has 0 bridgehead atoms. The molecule has 2 aromatic heterocycles. The number of nitrogens with one attached hydrogen (secondary N) is 1. The maximum atomic E-state index is 12.1. The molecule has 2 aromatic rings. The lowest BCUT2D eigenvalue weighted by atomic mass is 10.2. The topological polar surface area (TPSA) is 70.1 Å². The molecule has 0 unspecified atom stereocenters. The minimum atomic E-state index is -0.0543. The molecular formula is C13H18N6O. The van der Waals surface area contributed by atoms with Crippen LogP contribution >= 0.6 is 0 Å². The van der Waals surface area contributed by atoms with Gasteiger partial charge >= 0.3 is 0 Å². The van der Waals surface area contributed by atoms with Crippen LogP contribution in [0.1, 0.15) is 27.6 Å². The molecule has 0 saturated heterocycles. The molecule has 0 fully saturated rings. The van der Waals surface area contributed by atoms with Crippen LogP contribution in [-0.2, 0) is 26.7 Å². The Morgan fingerprint density at radius 2 is 2.25 bits per heavy atom. The third-order valence-corrected chi connectivity index (χ3v) is 3.61.